The number of aromatic hydroxyl groups is 1. The van der Waals surface area contributed by atoms with Gasteiger partial charge in [0.1, 0.15) is 5.39 Å². The zero-order chi connectivity index (χ0) is 12.9. The van der Waals surface area contributed by atoms with Gasteiger partial charge in [-0.2, -0.15) is 4.52 Å². The smallest absolute Gasteiger partial charge is 0.282 e. The van der Waals surface area contributed by atoms with Crippen molar-refractivity contribution in [3.8, 4) is 5.88 Å². The van der Waals surface area contributed by atoms with E-state index in [2.05, 4.69) is 15.3 Å². The summed E-state index contributed by atoms with van der Waals surface area (Å²) in [5.74, 6) is 0.0612. The van der Waals surface area contributed by atoms with Crippen LogP contribution in [0.3, 0.4) is 0 Å². The van der Waals surface area contributed by atoms with E-state index < -0.39 is 4.92 Å². The number of aryl methyl sites for hydroxylation is 1. The normalized spacial score (nSPS) is 11.2. The van der Waals surface area contributed by atoms with E-state index in [0.717, 1.165) is 4.52 Å². The molecule has 0 bridgehead atoms. The fourth-order valence-corrected chi connectivity index (χ4v) is 1.91. The van der Waals surface area contributed by atoms with Crippen molar-refractivity contribution in [2.75, 3.05) is 0 Å². The Kier molecular flexibility index (Phi) is 1.94. The van der Waals surface area contributed by atoms with Gasteiger partial charge in [-0.3, -0.25) is 10.1 Å². The minimum Gasteiger partial charge on any atom is -0.493 e. The number of hydrogen-bond donors (Lipinski definition) is 1. The molecule has 0 atom stereocenters. The average Bonchev–Trinajstić information content (AvgIpc) is 2.63. The molecule has 8 heteroatoms. The lowest BCUT2D eigenvalue weighted by atomic mass is 10.2. The Balaban J connectivity index is 2.59. The number of aromatic nitrogens is 4. The third-order valence-electron chi connectivity index (χ3n) is 2.64. The molecule has 0 spiro atoms. The minimum atomic E-state index is -0.554. The summed E-state index contributed by atoms with van der Waals surface area (Å²) in [6.45, 7) is 1.62. The number of fused-ring (bicyclic) bond motifs is 3. The lowest BCUT2D eigenvalue weighted by Crippen LogP contribution is -1.99. The second-order valence-corrected chi connectivity index (χ2v) is 3.76. The van der Waals surface area contributed by atoms with Crippen molar-refractivity contribution in [3.63, 3.8) is 0 Å². The summed E-state index contributed by atoms with van der Waals surface area (Å²) in [5.41, 5.74) is 0.103. The van der Waals surface area contributed by atoms with Gasteiger partial charge in [-0.25, -0.2) is 0 Å². The third-order valence-corrected chi connectivity index (χ3v) is 2.64. The molecule has 2 aromatic heterocycles. The van der Waals surface area contributed by atoms with E-state index in [1.54, 1.807) is 13.0 Å². The predicted octanol–water partition coefficient (Wildman–Crippen LogP) is 1.20. The summed E-state index contributed by atoms with van der Waals surface area (Å²) >= 11 is 0. The van der Waals surface area contributed by atoms with E-state index in [9.17, 15) is 15.2 Å². The molecule has 2 heterocycles. The number of nitro benzene ring substituents is 1. The van der Waals surface area contributed by atoms with Crippen LogP contribution in [0.2, 0.25) is 0 Å². The number of non-ortho nitro benzene ring substituents is 1. The van der Waals surface area contributed by atoms with Crippen LogP contribution in [0.5, 0.6) is 5.88 Å². The maximum Gasteiger partial charge on any atom is 0.282 e. The molecular weight excluding hydrogens is 238 g/mol. The molecule has 0 unspecified atom stereocenters. The minimum absolute atomic E-state index is 0.120. The Bertz CT molecular complexity index is 795. The van der Waals surface area contributed by atoms with E-state index in [1.807, 2.05) is 0 Å². The molecule has 3 aromatic rings. The van der Waals surface area contributed by atoms with Crippen LogP contribution in [0.25, 0.3) is 16.4 Å². The van der Waals surface area contributed by atoms with E-state index in [-0.39, 0.29) is 22.6 Å². The van der Waals surface area contributed by atoms with Gasteiger partial charge < -0.3 is 5.11 Å². The van der Waals surface area contributed by atoms with Crippen molar-refractivity contribution < 1.29 is 10.0 Å². The van der Waals surface area contributed by atoms with Crippen molar-refractivity contribution in [1.29, 1.82) is 0 Å². The number of benzene rings is 1. The Morgan fingerprint density at radius 1 is 1.39 bits per heavy atom. The molecular formula is C10H7N5O3. The monoisotopic (exact) mass is 245 g/mol. The Morgan fingerprint density at radius 2 is 2.17 bits per heavy atom. The van der Waals surface area contributed by atoms with Crippen molar-refractivity contribution >= 4 is 22.1 Å². The topological polar surface area (TPSA) is 106 Å². The molecule has 18 heavy (non-hydrogen) atoms. The van der Waals surface area contributed by atoms with Crippen LogP contribution in [-0.4, -0.2) is 29.8 Å². The highest BCUT2D eigenvalue weighted by Gasteiger charge is 2.22. The number of hydrogen-bond acceptors (Lipinski definition) is 6. The fraction of sp³-hybridized carbons (Fsp3) is 0.100. The summed E-state index contributed by atoms with van der Waals surface area (Å²) in [6.07, 6.45) is 0. The molecule has 0 aliphatic rings. The van der Waals surface area contributed by atoms with Gasteiger partial charge in [0.25, 0.3) is 5.69 Å². The average molecular weight is 245 g/mol. The van der Waals surface area contributed by atoms with Crippen molar-refractivity contribution in [2.24, 2.45) is 0 Å². The molecule has 0 aliphatic carbocycles. The first-order chi connectivity index (χ1) is 8.59. The second kappa shape index (κ2) is 3.36. The Morgan fingerprint density at radius 3 is 2.89 bits per heavy atom. The third kappa shape index (κ3) is 1.22. The van der Waals surface area contributed by atoms with Gasteiger partial charge in [0, 0.05) is 11.5 Å². The van der Waals surface area contributed by atoms with E-state index >= 15 is 0 Å². The van der Waals surface area contributed by atoms with Crippen LogP contribution >= 0.6 is 0 Å². The standard InChI is InChI=1S/C10H7N5O3/c1-5-11-12-9-6-3-2-4-7(15(17)18)8(6)10(16)14(9)13-5/h2-4,16H,1H3. The highest BCUT2D eigenvalue weighted by Crippen LogP contribution is 2.36. The maximum absolute atomic E-state index is 10.9. The highest BCUT2D eigenvalue weighted by atomic mass is 16.6. The number of nitrogens with zero attached hydrogens (tertiary/aromatic N) is 5. The maximum atomic E-state index is 10.9. The molecule has 1 aromatic carbocycles. The van der Waals surface area contributed by atoms with Crippen LogP contribution in [0, 0.1) is 17.0 Å². The molecule has 0 saturated heterocycles. The van der Waals surface area contributed by atoms with Crippen molar-refractivity contribution in [1.82, 2.24) is 19.8 Å². The van der Waals surface area contributed by atoms with Gasteiger partial charge in [-0.15, -0.1) is 15.3 Å². The molecule has 90 valence electrons. The fourth-order valence-electron chi connectivity index (χ4n) is 1.91. The molecule has 0 amide bonds. The zero-order valence-corrected chi connectivity index (χ0v) is 9.23. The second-order valence-electron chi connectivity index (χ2n) is 3.76. The van der Waals surface area contributed by atoms with Gasteiger partial charge in [-0.1, -0.05) is 6.07 Å². The Hall–Kier alpha value is -2.77. The summed E-state index contributed by atoms with van der Waals surface area (Å²) < 4.78 is 1.15. The van der Waals surface area contributed by atoms with Gasteiger partial charge in [0.05, 0.1) is 4.92 Å². The van der Waals surface area contributed by atoms with Gasteiger partial charge in [0.15, 0.2) is 11.5 Å². The Labute approximate surface area is 99.6 Å². The first-order valence-corrected chi connectivity index (χ1v) is 5.07. The van der Waals surface area contributed by atoms with Crippen LogP contribution < -0.4 is 0 Å². The molecule has 0 radical (unpaired) electrons. The van der Waals surface area contributed by atoms with Gasteiger partial charge in [-0.05, 0) is 13.0 Å². The summed E-state index contributed by atoms with van der Waals surface area (Å²) in [6, 6.07) is 4.48. The van der Waals surface area contributed by atoms with Crippen LogP contribution in [0.1, 0.15) is 5.82 Å². The van der Waals surface area contributed by atoms with Crippen molar-refractivity contribution in [2.45, 2.75) is 6.92 Å². The van der Waals surface area contributed by atoms with Crippen LogP contribution in [0.15, 0.2) is 18.2 Å². The lowest BCUT2D eigenvalue weighted by molar-refractivity contribution is -0.383. The first kappa shape index (κ1) is 10.4. The predicted molar refractivity (Wildman–Crippen MR) is 61.3 cm³/mol. The first-order valence-electron chi connectivity index (χ1n) is 5.07. The van der Waals surface area contributed by atoms with Crippen molar-refractivity contribution in [3.05, 3.63) is 34.1 Å². The van der Waals surface area contributed by atoms with Gasteiger partial charge >= 0.3 is 0 Å². The van der Waals surface area contributed by atoms with Crippen LogP contribution in [0.4, 0.5) is 5.69 Å². The lowest BCUT2D eigenvalue weighted by Gasteiger charge is -1.94. The molecule has 0 saturated carbocycles. The summed E-state index contributed by atoms with van der Waals surface area (Å²) in [4.78, 5) is 10.4. The number of rotatable bonds is 1. The quantitative estimate of drug-likeness (QED) is 0.510. The molecule has 8 nitrogen and oxygen atoms in total. The molecule has 0 fully saturated rings. The summed E-state index contributed by atoms with van der Waals surface area (Å²) in [5, 5.41) is 33.2. The van der Waals surface area contributed by atoms with E-state index in [0.29, 0.717) is 11.2 Å². The number of nitro groups is 1. The molecule has 0 aliphatic heterocycles. The molecule has 1 N–H and O–H groups in total. The zero-order valence-electron chi connectivity index (χ0n) is 9.23. The largest absolute Gasteiger partial charge is 0.493 e. The van der Waals surface area contributed by atoms with E-state index in [4.69, 9.17) is 0 Å². The molecule has 3 rings (SSSR count). The van der Waals surface area contributed by atoms with Gasteiger partial charge in [0.2, 0.25) is 5.88 Å². The highest BCUT2D eigenvalue weighted by molar-refractivity contribution is 6.04. The van der Waals surface area contributed by atoms with Crippen LogP contribution in [-0.2, 0) is 0 Å². The SMILES string of the molecule is Cc1nnc2c3cccc([N+](=O)[O-])c3c(O)n2n1. The van der Waals surface area contributed by atoms with E-state index in [1.165, 1.54) is 12.1 Å². The summed E-state index contributed by atoms with van der Waals surface area (Å²) in [7, 11) is 0.